The van der Waals surface area contributed by atoms with Crippen molar-refractivity contribution in [2.24, 2.45) is 17.8 Å². The summed E-state index contributed by atoms with van der Waals surface area (Å²) in [5.41, 5.74) is 0. The number of allylic oxidation sites excluding steroid dienone is 2. The first-order valence-corrected chi connectivity index (χ1v) is 7.94. The fraction of sp³-hybridized carbons (Fsp3) is 0.529. The Balaban J connectivity index is 1.37. The SMILES string of the molecule is O=C([C@H]1C[C@H]2C=C[C@H]1C2)N1CCN(c2ccccn2)CC1. The second-order valence-electron chi connectivity index (χ2n) is 6.39. The van der Waals surface area contributed by atoms with Crippen LogP contribution in [0.15, 0.2) is 36.5 Å². The molecule has 1 aromatic heterocycles. The summed E-state index contributed by atoms with van der Waals surface area (Å²) >= 11 is 0. The number of hydrogen-bond acceptors (Lipinski definition) is 3. The van der Waals surface area contributed by atoms with Crippen molar-refractivity contribution >= 4 is 11.7 Å². The number of rotatable bonds is 2. The van der Waals surface area contributed by atoms with Crippen LogP contribution in [0, 0.1) is 17.8 Å². The molecule has 1 aromatic rings. The van der Waals surface area contributed by atoms with Gasteiger partial charge in [-0.05, 0) is 36.8 Å². The van der Waals surface area contributed by atoms with Crippen molar-refractivity contribution in [1.82, 2.24) is 9.88 Å². The van der Waals surface area contributed by atoms with Gasteiger partial charge in [0.05, 0.1) is 0 Å². The minimum absolute atomic E-state index is 0.251. The Morgan fingerprint density at radius 3 is 2.57 bits per heavy atom. The Bertz CT molecular complexity index is 548. The average Bonchev–Trinajstić information content (AvgIpc) is 3.18. The highest BCUT2D eigenvalue weighted by Crippen LogP contribution is 2.44. The molecule has 2 fully saturated rings. The lowest BCUT2D eigenvalue weighted by Gasteiger charge is -2.37. The molecular weight excluding hydrogens is 262 g/mol. The quantitative estimate of drug-likeness (QED) is 0.778. The van der Waals surface area contributed by atoms with Gasteiger partial charge in [0, 0.05) is 38.3 Å². The molecule has 2 heterocycles. The number of aromatic nitrogens is 1. The van der Waals surface area contributed by atoms with E-state index in [4.69, 9.17) is 0 Å². The molecule has 1 aliphatic heterocycles. The number of piperazine rings is 1. The van der Waals surface area contributed by atoms with E-state index >= 15 is 0 Å². The largest absolute Gasteiger partial charge is 0.353 e. The van der Waals surface area contributed by atoms with Crippen LogP contribution in [0.4, 0.5) is 5.82 Å². The zero-order valence-corrected chi connectivity index (χ0v) is 12.2. The second-order valence-corrected chi connectivity index (χ2v) is 6.39. The summed E-state index contributed by atoms with van der Waals surface area (Å²) in [6.07, 6.45) is 8.66. The molecule has 1 saturated heterocycles. The summed E-state index contributed by atoms with van der Waals surface area (Å²) in [7, 11) is 0. The van der Waals surface area contributed by atoms with Crippen LogP contribution >= 0.6 is 0 Å². The lowest BCUT2D eigenvalue weighted by atomic mass is 9.92. The summed E-state index contributed by atoms with van der Waals surface area (Å²) in [6.45, 7) is 3.43. The first kappa shape index (κ1) is 12.9. The van der Waals surface area contributed by atoms with Crippen LogP contribution in [0.5, 0.6) is 0 Å². The number of hydrogen-bond donors (Lipinski definition) is 0. The van der Waals surface area contributed by atoms with Gasteiger partial charge in [0.25, 0.3) is 0 Å². The molecule has 0 N–H and O–H groups in total. The molecule has 4 heteroatoms. The zero-order valence-electron chi connectivity index (χ0n) is 12.2. The highest BCUT2D eigenvalue weighted by Gasteiger charge is 2.41. The molecule has 3 aliphatic rings. The molecule has 110 valence electrons. The number of anilines is 1. The van der Waals surface area contributed by atoms with Gasteiger partial charge in [-0.1, -0.05) is 18.2 Å². The van der Waals surface area contributed by atoms with E-state index in [1.54, 1.807) is 0 Å². The van der Waals surface area contributed by atoms with E-state index in [1.165, 1.54) is 6.42 Å². The summed E-state index contributed by atoms with van der Waals surface area (Å²) in [6, 6.07) is 5.99. The summed E-state index contributed by atoms with van der Waals surface area (Å²) < 4.78 is 0. The van der Waals surface area contributed by atoms with Crippen molar-refractivity contribution in [1.29, 1.82) is 0 Å². The zero-order chi connectivity index (χ0) is 14.2. The first-order chi connectivity index (χ1) is 10.3. The van der Waals surface area contributed by atoms with Crippen molar-refractivity contribution in [2.75, 3.05) is 31.1 Å². The van der Waals surface area contributed by atoms with E-state index in [0.29, 0.717) is 17.7 Å². The molecule has 4 rings (SSSR count). The minimum Gasteiger partial charge on any atom is -0.353 e. The van der Waals surface area contributed by atoms with Crippen LogP contribution in [0.2, 0.25) is 0 Å². The van der Waals surface area contributed by atoms with Gasteiger partial charge in [-0.15, -0.1) is 0 Å². The van der Waals surface area contributed by atoms with Gasteiger partial charge in [0.15, 0.2) is 0 Å². The summed E-state index contributed by atoms with van der Waals surface area (Å²) in [5, 5.41) is 0. The van der Waals surface area contributed by atoms with Crippen LogP contribution < -0.4 is 4.90 Å². The molecule has 1 saturated carbocycles. The number of carbonyl (C=O) groups excluding carboxylic acids is 1. The van der Waals surface area contributed by atoms with Gasteiger partial charge < -0.3 is 9.80 Å². The lowest BCUT2D eigenvalue weighted by molar-refractivity contribution is -0.136. The molecule has 2 bridgehead atoms. The predicted molar refractivity (Wildman–Crippen MR) is 81.9 cm³/mol. The van der Waals surface area contributed by atoms with E-state index in [2.05, 4.69) is 26.9 Å². The topological polar surface area (TPSA) is 36.4 Å². The van der Waals surface area contributed by atoms with Gasteiger partial charge in [-0.2, -0.15) is 0 Å². The first-order valence-electron chi connectivity index (χ1n) is 7.94. The van der Waals surface area contributed by atoms with E-state index in [-0.39, 0.29) is 5.92 Å². The highest BCUT2D eigenvalue weighted by molar-refractivity contribution is 5.80. The Labute approximate surface area is 125 Å². The van der Waals surface area contributed by atoms with E-state index in [0.717, 1.165) is 38.4 Å². The Morgan fingerprint density at radius 1 is 1.10 bits per heavy atom. The monoisotopic (exact) mass is 283 g/mol. The third kappa shape index (κ3) is 2.33. The molecule has 0 aromatic carbocycles. The van der Waals surface area contributed by atoms with Crippen molar-refractivity contribution in [2.45, 2.75) is 12.8 Å². The van der Waals surface area contributed by atoms with E-state index in [9.17, 15) is 4.79 Å². The number of nitrogens with zero attached hydrogens (tertiary/aromatic N) is 3. The standard InChI is InChI=1S/C17H21N3O/c21-17(15-12-13-4-5-14(15)11-13)20-9-7-19(8-10-20)16-3-1-2-6-18-16/h1-6,13-15H,7-12H2/t13-,14-,15-/m0/s1. The Hall–Kier alpha value is -1.84. The maximum Gasteiger partial charge on any atom is 0.226 e. The predicted octanol–water partition coefficient (Wildman–Crippen LogP) is 1.94. The van der Waals surface area contributed by atoms with Gasteiger partial charge in [0.1, 0.15) is 5.82 Å². The van der Waals surface area contributed by atoms with Crippen LogP contribution in [-0.2, 0) is 4.79 Å². The second kappa shape index (κ2) is 5.17. The van der Waals surface area contributed by atoms with Crippen molar-refractivity contribution in [3.8, 4) is 0 Å². The smallest absolute Gasteiger partial charge is 0.226 e. The van der Waals surface area contributed by atoms with Crippen molar-refractivity contribution in [3.63, 3.8) is 0 Å². The highest BCUT2D eigenvalue weighted by atomic mass is 16.2. The average molecular weight is 283 g/mol. The van der Waals surface area contributed by atoms with Crippen LogP contribution in [0.25, 0.3) is 0 Å². The maximum atomic E-state index is 12.7. The molecule has 21 heavy (non-hydrogen) atoms. The van der Waals surface area contributed by atoms with Gasteiger partial charge in [0.2, 0.25) is 5.91 Å². The van der Waals surface area contributed by atoms with Crippen LogP contribution in [0.1, 0.15) is 12.8 Å². The maximum absolute atomic E-state index is 12.7. The number of carbonyl (C=O) groups is 1. The fourth-order valence-electron chi connectivity index (χ4n) is 4.00. The Kier molecular flexibility index (Phi) is 3.17. The summed E-state index contributed by atoms with van der Waals surface area (Å²) in [5.74, 6) is 2.83. The lowest BCUT2D eigenvalue weighted by Crippen LogP contribution is -2.51. The molecule has 1 amide bonds. The van der Waals surface area contributed by atoms with Crippen molar-refractivity contribution in [3.05, 3.63) is 36.5 Å². The van der Waals surface area contributed by atoms with Gasteiger partial charge in [-0.25, -0.2) is 4.98 Å². The minimum atomic E-state index is 0.251. The van der Waals surface area contributed by atoms with Gasteiger partial charge in [-0.3, -0.25) is 4.79 Å². The number of amides is 1. The van der Waals surface area contributed by atoms with Crippen LogP contribution in [-0.4, -0.2) is 42.0 Å². The molecule has 0 radical (unpaired) electrons. The fourth-order valence-corrected chi connectivity index (χ4v) is 4.00. The number of pyridine rings is 1. The third-order valence-electron chi connectivity index (χ3n) is 5.16. The molecule has 3 atom stereocenters. The molecule has 0 unspecified atom stereocenters. The Morgan fingerprint density at radius 2 is 1.95 bits per heavy atom. The molecular formula is C17H21N3O. The molecule has 4 nitrogen and oxygen atoms in total. The summed E-state index contributed by atoms with van der Waals surface area (Å²) in [4.78, 5) is 21.4. The van der Waals surface area contributed by atoms with E-state index < -0.39 is 0 Å². The van der Waals surface area contributed by atoms with E-state index in [1.807, 2.05) is 24.4 Å². The number of fused-ring (bicyclic) bond motifs is 2. The van der Waals surface area contributed by atoms with Gasteiger partial charge >= 0.3 is 0 Å². The molecule has 2 aliphatic carbocycles. The normalized spacial score (nSPS) is 31.0. The van der Waals surface area contributed by atoms with Crippen LogP contribution in [0.3, 0.4) is 0 Å². The van der Waals surface area contributed by atoms with Crippen molar-refractivity contribution < 1.29 is 4.79 Å². The third-order valence-corrected chi connectivity index (χ3v) is 5.16. The molecule has 0 spiro atoms.